The van der Waals surface area contributed by atoms with Gasteiger partial charge in [0.15, 0.2) is 11.6 Å². The number of benzene rings is 2. The van der Waals surface area contributed by atoms with E-state index < -0.39 is 0 Å². The molecule has 2 rings (SSSR count). The zero-order chi connectivity index (χ0) is 15.2. The Labute approximate surface area is 133 Å². The highest BCUT2D eigenvalue weighted by Gasteiger charge is 2.08. The third kappa shape index (κ3) is 4.55. The zero-order valence-corrected chi connectivity index (χ0v) is 13.8. The molecule has 1 unspecified atom stereocenters. The first-order chi connectivity index (χ1) is 10.1. The van der Waals surface area contributed by atoms with Crippen LogP contribution in [0.5, 0.6) is 11.5 Å². The molecule has 2 aromatic rings. The van der Waals surface area contributed by atoms with Crippen LogP contribution in [-0.2, 0) is 0 Å². The molecule has 0 aliphatic rings. The van der Waals surface area contributed by atoms with Crippen LogP contribution in [0.3, 0.4) is 0 Å². The topological polar surface area (TPSA) is 21.3 Å². The zero-order valence-electron chi connectivity index (χ0n) is 12.2. The van der Waals surface area contributed by atoms with E-state index in [2.05, 4.69) is 35.1 Å². The lowest BCUT2D eigenvalue weighted by Crippen LogP contribution is -2.19. The van der Waals surface area contributed by atoms with Crippen LogP contribution in [0.15, 0.2) is 46.9 Å². The Hall–Kier alpha value is -1.39. The second kappa shape index (κ2) is 7.57. The molecule has 0 fully saturated rings. The van der Waals surface area contributed by atoms with Gasteiger partial charge in [0.1, 0.15) is 5.75 Å². The van der Waals surface area contributed by atoms with E-state index in [1.807, 2.05) is 24.3 Å². The highest BCUT2D eigenvalue weighted by atomic mass is 79.9. The average Bonchev–Trinajstić information content (AvgIpc) is 2.48. The largest absolute Gasteiger partial charge is 0.454 e. The summed E-state index contributed by atoms with van der Waals surface area (Å²) in [5.74, 6) is 0.482. The minimum absolute atomic E-state index is 0.226. The van der Waals surface area contributed by atoms with Crippen LogP contribution in [0.2, 0.25) is 0 Å². The fourth-order valence-corrected chi connectivity index (χ4v) is 2.34. The molecule has 0 saturated carbocycles. The van der Waals surface area contributed by atoms with E-state index in [1.54, 1.807) is 12.1 Å². The van der Waals surface area contributed by atoms with E-state index in [0.29, 0.717) is 10.2 Å². The maximum Gasteiger partial charge on any atom is 0.166 e. The first-order valence-corrected chi connectivity index (χ1v) is 7.85. The Morgan fingerprint density at radius 1 is 1.24 bits per heavy atom. The van der Waals surface area contributed by atoms with Crippen LogP contribution in [0.1, 0.15) is 31.9 Å². The van der Waals surface area contributed by atoms with E-state index in [0.717, 1.165) is 18.5 Å². The van der Waals surface area contributed by atoms with Gasteiger partial charge in [-0.25, -0.2) is 4.39 Å². The number of nitrogens with one attached hydrogen (secondary N) is 1. The molecule has 0 aliphatic carbocycles. The number of rotatable bonds is 6. The summed E-state index contributed by atoms with van der Waals surface area (Å²) in [7, 11) is 0. The van der Waals surface area contributed by atoms with Gasteiger partial charge < -0.3 is 10.1 Å². The minimum atomic E-state index is -0.382. The van der Waals surface area contributed by atoms with E-state index >= 15 is 0 Å². The summed E-state index contributed by atoms with van der Waals surface area (Å²) in [6.45, 7) is 5.21. The molecule has 4 heteroatoms. The normalized spacial score (nSPS) is 12.2. The van der Waals surface area contributed by atoms with E-state index in [-0.39, 0.29) is 17.6 Å². The van der Waals surface area contributed by atoms with Gasteiger partial charge in [0.25, 0.3) is 0 Å². The second-order valence-corrected chi connectivity index (χ2v) is 5.84. The van der Waals surface area contributed by atoms with E-state index in [9.17, 15) is 4.39 Å². The summed E-state index contributed by atoms with van der Waals surface area (Å²) in [5.41, 5.74) is 1.12. The Bertz CT molecular complexity index is 603. The van der Waals surface area contributed by atoms with Gasteiger partial charge in [-0.1, -0.05) is 35.0 Å². The van der Waals surface area contributed by atoms with Crippen LogP contribution in [0.4, 0.5) is 4.39 Å². The van der Waals surface area contributed by atoms with E-state index in [4.69, 9.17) is 4.74 Å². The van der Waals surface area contributed by atoms with Gasteiger partial charge in [-0.15, -0.1) is 0 Å². The molecular formula is C17H19BrFNO. The lowest BCUT2D eigenvalue weighted by atomic mass is 10.1. The quantitative estimate of drug-likeness (QED) is 0.747. The standard InChI is InChI=1S/C17H19BrFNO/c1-3-9-20-12(2)13-5-4-6-15(10-13)21-17-8-7-14(18)11-16(17)19/h4-8,10-12,20H,3,9H2,1-2H3. The molecular weight excluding hydrogens is 333 g/mol. The molecule has 21 heavy (non-hydrogen) atoms. The molecule has 0 aliphatic heterocycles. The fourth-order valence-electron chi connectivity index (χ4n) is 2.01. The predicted molar refractivity (Wildman–Crippen MR) is 87.3 cm³/mol. The summed E-state index contributed by atoms with van der Waals surface area (Å²) in [4.78, 5) is 0. The highest BCUT2D eigenvalue weighted by Crippen LogP contribution is 2.28. The fraction of sp³-hybridized carbons (Fsp3) is 0.294. The van der Waals surface area contributed by atoms with Gasteiger partial charge in [0.05, 0.1) is 0 Å². The van der Waals surface area contributed by atoms with Gasteiger partial charge in [0, 0.05) is 10.5 Å². The van der Waals surface area contributed by atoms with Crippen molar-refractivity contribution < 1.29 is 9.13 Å². The lowest BCUT2D eigenvalue weighted by Gasteiger charge is -2.15. The summed E-state index contributed by atoms with van der Waals surface area (Å²) >= 11 is 3.23. The van der Waals surface area contributed by atoms with E-state index in [1.165, 1.54) is 6.07 Å². The molecule has 112 valence electrons. The summed E-state index contributed by atoms with van der Waals surface area (Å²) in [6, 6.07) is 12.7. The summed E-state index contributed by atoms with van der Waals surface area (Å²) < 4.78 is 20.1. The summed E-state index contributed by atoms with van der Waals surface area (Å²) in [6.07, 6.45) is 1.09. The van der Waals surface area contributed by atoms with Gasteiger partial charge in [-0.3, -0.25) is 0 Å². The van der Waals surface area contributed by atoms with Gasteiger partial charge in [-0.05, 0) is 55.8 Å². The van der Waals surface area contributed by atoms with Gasteiger partial charge in [-0.2, -0.15) is 0 Å². The maximum atomic E-state index is 13.8. The van der Waals surface area contributed by atoms with Crippen molar-refractivity contribution in [2.24, 2.45) is 0 Å². The molecule has 0 amide bonds. The summed E-state index contributed by atoms with van der Waals surface area (Å²) in [5, 5.41) is 3.42. The monoisotopic (exact) mass is 351 g/mol. The Morgan fingerprint density at radius 2 is 2.05 bits per heavy atom. The van der Waals surface area contributed by atoms with Crippen molar-refractivity contribution >= 4 is 15.9 Å². The van der Waals surface area contributed by atoms with Crippen molar-refractivity contribution in [1.82, 2.24) is 5.32 Å². The van der Waals surface area contributed by atoms with Crippen molar-refractivity contribution in [1.29, 1.82) is 0 Å². The van der Waals surface area contributed by atoms with Crippen LogP contribution < -0.4 is 10.1 Å². The molecule has 0 radical (unpaired) electrons. The first kappa shape index (κ1) is 16.0. The first-order valence-electron chi connectivity index (χ1n) is 7.06. The van der Waals surface area contributed by atoms with Crippen LogP contribution in [0.25, 0.3) is 0 Å². The van der Waals surface area contributed by atoms with Crippen LogP contribution in [0, 0.1) is 5.82 Å². The highest BCUT2D eigenvalue weighted by molar-refractivity contribution is 9.10. The third-order valence-electron chi connectivity index (χ3n) is 3.18. The lowest BCUT2D eigenvalue weighted by molar-refractivity contribution is 0.440. The number of hydrogen-bond donors (Lipinski definition) is 1. The molecule has 0 heterocycles. The third-order valence-corrected chi connectivity index (χ3v) is 3.67. The Morgan fingerprint density at radius 3 is 2.76 bits per heavy atom. The minimum Gasteiger partial charge on any atom is -0.454 e. The van der Waals surface area contributed by atoms with Crippen molar-refractivity contribution in [2.75, 3.05) is 6.54 Å². The van der Waals surface area contributed by atoms with Crippen molar-refractivity contribution in [3.8, 4) is 11.5 Å². The molecule has 0 bridgehead atoms. The number of hydrogen-bond acceptors (Lipinski definition) is 2. The number of ether oxygens (including phenoxy) is 1. The Kier molecular flexibility index (Phi) is 5.76. The van der Waals surface area contributed by atoms with Gasteiger partial charge >= 0.3 is 0 Å². The Balaban J connectivity index is 2.13. The smallest absolute Gasteiger partial charge is 0.166 e. The van der Waals surface area contributed by atoms with Crippen LogP contribution in [-0.4, -0.2) is 6.54 Å². The SMILES string of the molecule is CCCNC(C)c1cccc(Oc2ccc(Br)cc2F)c1. The molecule has 2 aromatic carbocycles. The van der Waals surface area contributed by atoms with Crippen molar-refractivity contribution in [3.63, 3.8) is 0 Å². The second-order valence-electron chi connectivity index (χ2n) is 4.93. The van der Waals surface area contributed by atoms with Gasteiger partial charge in [0.2, 0.25) is 0 Å². The molecule has 0 saturated heterocycles. The van der Waals surface area contributed by atoms with Crippen molar-refractivity contribution in [3.05, 3.63) is 58.3 Å². The average molecular weight is 352 g/mol. The van der Waals surface area contributed by atoms with Crippen LogP contribution >= 0.6 is 15.9 Å². The molecule has 0 spiro atoms. The van der Waals surface area contributed by atoms with Crippen molar-refractivity contribution in [2.45, 2.75) is 26.3 Å². The molecule has 1 atom stereocenters. The molecule has 2 nitrogen and oxygen atoms in total. The number of halogens is 2. The maximum absolute atomic E-state index is 13.8. The molecule has 1 N–H and O–H groups in total. The predicted octanol–water partition coefficient (Wildman–Crippen LogP) is 5.44. The molecule has 0 aromatic heterocycles.